The van der Waals surface area contributed by atoms with Gasteiger partial charge in [-0.3, -0.25) is 4.79 Å². The van der Waals surface area contributed by atoms with E-state index in [0.29, 0.717) is 40.9 Å². The highest BCUT2D eigenvalue weighted by Crippen LogP contribution is 2.32. The Morgan fingerprint density at radius 2 is 1.70 bits per heavy atom. The molecule has 33 heavy (non-hydrogen) atoms. The summed E-state index contributed by atoms with van der Waals surface area (Å²) in [5.74, 6) is 1.85. The first-order valence-electron chi connectivity index (χ1n) is 10.5. The minimum absolute atomic E-state index is 0.256. The van der Waals surface area contributed by atoms with E-state index in [-0.39, 0.29) is 12.5 Å². The first-order valence-corrected chi connectivity index (χ1v) is 10.5. The summed E-state index contributed by atoms with van der Waals surface area (Å²) in [6, 6.07) is 16.1. The first-order chi connectivity index (χ1) is 16.1. The van der Waals surface area contributed by atoms with E-state index in [1.54, 1.807) is 50.6 Å². The van der Waals surface area contributed by atoms with Gasteiger partial charge in [-0.25, -0.2) is 4.98 Å². The third-order valence-electron chi connectivity index (χ3n) is 4.94. The maximum atomic E-state index is 12.8. The number of ether oxygens (including phenoxy) is 4. The minimum Gasteiger partial charge on any atom is -0.493 e. The average molecular weight is 447 g/mol. The lowest BCUT2D eigenvalue weighted by molar-refractivity contribution is 0.102. The molecule has 0 spiro atoms. The van der Waals surface area contributed by atoms with Crippen LogP contribution in [0.25, 0.3) is 5.65 Å². The average Bonchev–Trinajstić information content (AvgIpc) is 3.26. The number of methoxy groups -OCH3 is 2. The van der Waals surface area contributed by atoms with Gasteiger partial charge in [-0.05, 0) is 49.4 Å². The molecule has 0 saturated carbocycles. The molecule has 2 heterocycles. The molecule has 1 N–H and O–H groups in total. The van der Waals surface area contributed by atoms with Crippen LogP contribution in [-0.4, -0.2) is 36.1 Å². The van der Waals surface area contributed by atoms with Crippen molar-refractivity contribution in [2.75, 3.05) is 26.1 Å². The van der Waals surface area contributed by atoms with Gasteiger partial charge in [0, 0.05) is 29.7 Å². The van der Waals surface area contributed by atoms with Crippen molar-refractivity contribution in [2.24, 2.45) is 0 Å². The standard InChI is InChI=1S/C25H25N3O5/c1-4-32-22-13-17(8-10-20(22)30-2)25(29)27-18-9-11-21(31-3)23(14-18)33-16-19-15-28-12-6-5-7-24(28)26-19/h5-15H,4,16H2,1-3H3,(H,27,29). The van der Waals surface area contributed by atoms with Gasteiger partial charge >= 0.3 is 0 Å². The fourth-order valence-electron chi connectivity index (χ4n) is 3.37. The Balaban J connectivity index is 1.50. The van der Waals surface area contributed by atoms with E-state index in [4.69, 9.17) is 18.9 Å². The van der Waals surface area contributed by atoms with E-state index in [0.717, 1.165) is 11.3 Å². The zero-order valence-electron chi connectivity index (χ0n) is 18.7. The first kappa shape index (κ1) is 22.0. The maximum absolute atomic E-state index is 12.8. The third kappa shape index (κ3) is 5.01. The Hall–Kier alpha value is -4.20. The number of imidazole rings is 1. The second-order valence-corrected chi connectivity index (χ2v) is 7.11. The van der Waals surface area contributed by atoms with Crippen LogP contribution in [0.5, 0.6) is 23.0 Å². The molecular weight excluding hydrogens is 422 g/mol. The zero-order chi connectivity index (χ0) is 23.2. The summed E-state index contributed by atoms with van der Waals surface area (Å²) in [5.41, 5.74) is 2.64. The largest absolute Gasteiger partial charge is 0.493 e. The predicted molar refractivity (Wildman–Crippen MR) is 125 cm³/mol. The van der Waals surface area contributed by atoms with Crippen LogP contribution in [0.1, 0.15) is 23.0 Å². The van der Waals surface area contributed by atoms with Crippen LogP contribution in [0.4, 0.5) is 5.69 Å². The monoisotopic (exact) mass is 447 g/mol. The number of aromatic nitrogens is 2. The lowest BCUT2D eigenvalue weighted by atomic mass is 10.1. The molecule has 4 rings (SSSR count). The van der Waals surface area contributed by atoms with Gasteiger partial charge < -0.3 is 28.7 Å². The van der Waals surface area contributed by atoms with E-state index >= 15 is 0 Å². The summed E-state index contributed by atoms with van der Waals surface area (Å²) < 4.78 is 24.2. The predicted octanol–water partition coefficient (Wildman–Crippen LogP) is 4.58. The van der Waals surface area contributed by atoms with Gasteiger partial charge in [0.25, 0.3) is 5.91 Å². The molecular formula is C25H25N3O5. The van der Waals surface area contributed by atoms with Gasteiger partial charge in [-0.2, -0.15) is 0 Å². The van der Waals surface area contributed by atoms with Crippen molar-refractivity contribution in [3.63, 3.8) is 0 Å². The van der Waals surface area contributed by atoms with Gasteiger partial charge in [0.15, 0.2) is 23.0 Å². The van der Waals surface area contributed by atoms with Crippen molar-refractivity contribution in [3.8, 4) is 23.0 Å². The van der Waals surface area contributed by atoms with Crippen LogP contribution in [-0.2, 0) is 6.61 Å². The van der Waals surface area contributed by atoms with Gasteiger partial charge in [-0.15, -0.1) is 0 Å². The summed E-state index contributed by atoms with van der Waals surface area (Å²) in [5, 5.41) is 2.89. The van der Waals surface area contributed by atoms with Crippen molar-refractivity contribution in [1.82, 2.24) is 9.38 Å². The quantitative estimate of drug-likeness (QED) is 0.404. The van der Waals surface area contributed by atoms with Crippen molar-refractivity contribution < 1.29 is 23.7 Å². The highest BCUT2D eigenvalue weighted by atomic mass is 16.5. The molecule has 0 bridgehead atoms. The van der Waals surface area contributed by atoms with Crippen molar-refractivity contribution in [3.05, 3.63) is 78.2 Å². The number of hydrogen-bond donors (Lipinski definition) is 1. The minimum atomic E-state index is -0.282. The SMILES string of the molecule is CCOc1cc(C(=O)Nc2ccc(OC)c(OCc3cn4ccccc4n3)c2)ccc1OC. The number of nitrogens with one attached hydrogen (secondary N) is 1. The molecule has 0 aliphatic rings. The zero-order valence-corrected chi connectivity index (χ0v) is 18.7. The highest BCUT2D eigenvalue weighted by Gasteiger charge is 2.14. The summed E-state index contributed by atoms with van der Waals surface area (Å²) in [7, 11) is 3.13. The molecule has 8 nitrogen and oxygen atoms in total. The van der Waals surface area contributed by atoms with Gasteiger partial charge in [-0.1, -0.05) is 6.07 Å². The van der Waals surface area contributed by atoms with Crippen LogP contribution in [0.2, 0.25) is 0 Å². The fourth-order valence-corrected chi connectivity index (χ4v) is 3.37. The Kier molecular flexibility index (Phi) is 6.64. The highest BCUT2D eigenvalue weighted by molar-refractivity contribution is 6.04. The van der Waals surface area contributed by atoms with E-state index in [1.807, 2.05) is 41.9 Å². The Bertz CT molecular complexity index is 1240. The second-order valence-electron chi connectivity index (χ2n) is 7.11. The number of rotatable bonds is 9. The molecule has 0 aliphatic heterocycles. The van der Waals surface area contributed by atoms with Gasteiger partial charge in [0.2, 0.25) is 0 Å². The molecule has 2 aromatic heterocycles. The third-order valence-corrected chi connectivity index (χ3v) is 4.94. The number of pyridine rings is 1. The Morgan fingerprint density at radius 3 is 2.42 bits per heavy atom. The summed E-state index contributed by atoms with van der Waals surface area (Å²) in [6.45, 7) is 2.59. The second kappa shape index (κ2) is 9.95. The van der Waals surface area contributed by atoms with Gasteiger partial charge in [0.05, 0.1) is 26.5 Å². The molecule has 8 heteroatoms. The Labute approximate surface area is 191 Å². The van der Waals surface area contributed by atoms with Crippen molar-refractivity contribution in [2.45, 2.75) is 13.5 Å². The maximum Gasteiger partial charge on any atom is 0.255 e. The molecule has 2 aromatic carbocycles. The van der Waals surface area contributed by atoms with Gasteiger partial charge in [0.1, 0.15) is 12.3 Å². The van der Waals surface area contributed by atoms with Crippen LogP contribution in [0.3, 0.4) is 0 Å². The van der Waals surface area contributed by atoms with Crippen LogP contribution >= 0.6 is 0 Å². The van der Waals surface area contributed by atoms with Crippen molar-refractivity contribution in [1.29, 1.82) is 0 Å². The van der Waals surface area contributed by atoms with Crippen LogP contribution < -0.4 is 24.3 Å². The molecule has 0 unspecified atom stereocenters. The number of benzene rings is 2. The topological polar surface area (TPSA) is 83.3 Å². The van der Waals surface area contributed by atoms with E-state index in [2.05, 4.69) is 10.3 Å². The number of hydrogen-bond acceptors (Lipinski definition) is 6. The lowest BCUT2D eigenvalue weighted by Gasteiger charge is -2.13. The lowest BCUT2D eigenvalue weighted by Crippen LogP contribution is -2.12. The van der Waals surface area contributed by atoms with Crippen LogP contribution in [0.15, 0.2) is 67.0 Å². The molecule has 0 fully saturated rings. The van der Waals surface area contributed by atoms with E-state index in [9.17, 15) is 4.79 Å². The normalized spacial score (nSPS) is 10.6. The molecule has 1 amide bonds. The molecule has 0 saturated heterocycles. The summed E-state index contributed by atoms with van der Waals surface area (Å²) >= 11 is 0. The summed E-state index contributed by atoms with van der Waals surface area (Å²) in [4.78, 5) is 17.4. The van der Waals surface area contributed by atoms with E-state index < -0.39 is 0 Å². The number of carbonyl (C=O) groups excluding carboxylic acids is 1. The molecule has 0 radical (unpaired) electrons. The van der Waals surface area contributed by atoms with E-state index in [1.165, 1.54) is 0 Å². The van der Waals surface area contributed by atoms with Crippen molar-refractivity contribution >= 4 is 17.2 Å². The van der Waals surface area contributed by atoms with Crippen LogP contribution in [0, 0.1) is 0 Å². The Morgan fingerprint density at radius 1 is 0.939 bits per heavy atom. The number of fused-ring (bicyclic) bond motifs is 1. The number of nitrogens with zero attached hydrogens (tertiary/aromatic N) is 2. The number of anilines is 1. The molecule has 0 aliphatic carbocycles. The smallest absolute Gasteiger partial charge is 0.255 e. The summed E-state index contributed by atoms with van der Waals surface area (Å²) in [6.07, 6.45) is 3.84. The molecule has 4 aromatic rings. The molecule has 0 atom stereocenters. The number of carbonyl (C=O) groups is 1. The molecule has 170 valence electrons. The fraction of sp³-hybridized carbons (Fsp3) is 0.200. The number of amides is 1.